The fourth-order valence-electron chi connectivity index (χ4n) is 4.25. The van der Waals surface area contributed by atoms with Crippen molar-refractivity contribution in [3.05, 3.63) is 126 Å². The number of rotatable bonds is 6. The Morgan fingerprint density at radius 2 is 1.78 bits per heavy atom. The lowest BCUT2D eigenvalue weighted by atomic mass is 9.93. The number of benzene rings is 3. The number of carbonyl (C=O) groups excluding carboxylic acids is 1. The van der Waals surface area contributed by atoms with Crippen LogP contribution in [0.15, 0.2) is 99.1 Å². The van der Waals surface area contributed by atoms with E-state index in [4.69, 9.17) is 21.3 Å². The van der Waals surface area contributed by atoms with Gasteiger partial charge in [0.1, 0.15) is 0 Å². The van der Waals surface area contributed by atoms with Crippen LogP contribution in [0.25, 0.3) is 11.8 Å². The van der Waals surface area contributed by atoms with Gasteiger partial charge in [0, 0.05) is 15.5 Å². The van der Waals surface area contributed by atoms with Gasteiger partial charge in [-0.2, -0.15) is 0 Å². The zero-order valence-corrected chi connectivity index (χ0v) is 22.6. The summed E-state index contributed by atoms with van der Waals surface area (Å²) in [5.74, 6) is -0.490. The zero-order valence-electron chi connectivity index (χ0n) is 20.2. The molecular weight excluding hydrogens is 524 g/mol. The highest BCUT2D eigenvalue weighted by Crippen LogP contribution is 2.35. The molecule has 1 atom stereocenters. The first-order valence-corrected chi connectivity index (χ1v) is 14.1. The van der Waals surface area contributed by atoms with Gasteiger partial charge in [-0.05, 0) is 54.6 Å². The quantitative estimate of drug-likeness (QED) is 0.243. The lowest BCUT2D eigenvalue weighted by Gasteiger charge is -2.26. The molecule has 37 heavy (non-hydrogen) atoms. The zero-order chi connectivity index (χ0) is 25.9. The minimum absolute atomic E-state index is 0.212. The number of esters is 1. The van der Waals surface area contributed by atoms with Crippen molar-refractivity contribution in [2.45, 2.75) is 17.9 Å². The topological polar surface area (TPSA) is 60.7 Å². The number of aromatic nitrogens is 1. The normalized spacial score (nSPS) is 15.3. The second kappa shape index (κ2) is 10.9. The smallest absolute Gasteiger partial charge is 0.338 e. The largest absolute Gasteiger partial charge is 0.463 e. The molecule has 0 saturated heterocycles. The molecule has 8 heteroatoms. The van der Waals surface area contributed by atoms with Gasteiger partial charge in [-0.15, -0.1) is 11.8 Å². The Morgan fingerprint density at radius 1 is 1.08 bits per heavy atom. The van der Waals surface area contributed by atoms with Gasteiger partial charge in [0.15, 0.2) is 4.80 Å². The van der Waals surface area contributed by atoms with Crippen molar-refractivity contribution in [3.8, 4) is 0 Å². The Morgan fingerprint density at radius 3 is 2.43 bits per heavy atom. The number of nitrogens with zero attached hydrogens (tertiary/aromatic N) is 2. The molecule has 4 aromatic rings. The summed E-state index contributed by atoms with van der Waals surface area (Å²) in [6.45, 7) is 1.98. The molecule has 0 bridgehead atoms. The van der Waals surface area contributed by atoms with Crippen LogP contribution >= 0.6 is 34.7 Å². The Bertz CT molecular complexity index is 1660. The number of hydrogen-bond donors (Lipinski definition) is 0. The van der Waals surface area contributed by atoms with Crippen LogP contribution in [0.3, 0.4) is 0 Å². The molecule has 1 aromatic heterocycles. The number of carbonyl (C=O) groups is 1. The van der Waals surface area contributed by atoms with E-state index in [0.717, 1.165) is 21.6 Å². The molecule has 1 unspecified atom stereocenters. The summed E-state index contributed by atoms with van der Waals surface area (Å²) in [6, 6.07) is 24.0. The second-order valence-electron chi connectivity index (χ2n) is 8.26. The third-order valence-corrected chi connectivity index (χ3v) is 7.95. The van der Waals surface area contributed by atoms with Crippen molar-refractivity contribution in [1.82, 2.24) is 4.57 Å². The van der Waals surface area contributed by atoms with E-state index in [9.17, 15) is 9.59 Å². The monoisotopic (exact) mass is 546 g/mol. The van der Waals surface area contributed by atoms with Gasteiger partial charge >= 0.3 is 5.97 Å². The molecule has 0 radical (unpaired) electrons. The summed E-state index contributed by atoms with van der Waals surface area (Å²) >= 11 is 8.97. The molecule has 5 nitrogen and oxygen atoms in total. The maximum Gasteiger partial charge on any atom is 0.338 e. The van der Waals surface area contributed by atoms with Crippen molar-refractivity contribution in [2.75, 3.05) is 12.9 Å². The standard InChI is InChI=1S/C29H23ClN2O3S2/c1-3-35-28(34)24-25(19-7-5-4-6-8-19)31-29-32(26(24)20-11-15-22(36-2)16-12-20)27(33)23(37-29)17-18-9-13-21(30)14-10-18/h4-17,26H,3H2,1-2H3/b23-17-. The summed E-state index contributed by atoms with van der Waals surface area (Å²) in [4.78, 5) is 33.8. The predicted octanol–water partition coefficient (Wildman–Crippen LogP) is 5.31. The molecule has 186 valence electrons. The number of ether oxygens (including phenoxy) is 1. The third-order valence-electron chi connectivity index (χ3n) is 5.97. The highest BCUT2D eigenvalue weighted by molar-refractivity contribution is 7.98. The molecule has 5 rings (SSSR count). The summed E-state index contributed by atoms with van der Waals surface area (Å²) in [6.07, 6.45) is 3.83. The number of thioether (sulfide) groups is 1. The van der Waals surface area contributed by atoms with Crippen LogP contribution < -0.4 is 14.9 Å². The molecule has 0 amide bonds. The van der Waals surface area contributed by atoms with Crippen LogP contribution in [0.1, 0.15) is 29.7 Å². The van der Waals surface area contributed by atoms with E-state index < -0.39 is 12.0 Å². The van der Waals surface area contributed by atoms with Crippen molar-refractivity contribution >= 4 is 52.4 Å². The molecule has 0 aliphatic carbocycles. The van der Waals surface area contributed by atoms with Gasteiger partial charge in [-0.1, -0.05) is 77.5 Å². The van der Waals surface area contributed by atoms with Gasteiger partial charge in [-0.25, -0.2) is 9.79 Å². The van der Waals surface area contributed by atoms with Crippen molar-refractivity contribution < 1.29 is 9.53 Å². The van der Waals surface area contributed by atoms with Gasteiger partial charge < -0.3 is 4.74 Å². The molecule has 0 N–H and O–H groups in total. The Balaban J connectivity index is 1.81. The van der Waals surface area contributed by atoms with Crippen LogP contribution in [0.4, 0.5) is 0 Å². The molecule has 2 heterocycles. The first kappa shape index (κ1) is 25.3. The molecule has 3 aromatic carbocycles. The minimum atomic E-state index is -0.686. The van der Waals surface area contributed by atoms with Crippen LogP contribution in [-0.2, 0) is 9.53 Å². The van der Waals surface area contributed by atoms with Crippen molar-refractivity contribution in [1.29, 1.82) is 0 Å². The second-order valence-corrected chi connectivity index (χ2v) is 10.6. The number of thiazole rings is 1. The van der Waals surface area contributed by atoms with E-state index in [0.29, 0.717) is 25.6 Å². The summed E-state index contributed by atoms with van der Waals surface area (Å²) < 4.78 is 7.63. The molecule has 1 aliphatic rings. The first-order chi connectivity index (χ1) is 18.0. The SMILES string of the molecule is CCOC(=O)C1=C(c2ccccc2)N=c2s/c(=C\c3ccc(Cl)cc3)c(=O)n2C1c1ccc(SC)cc1. The minimum Gasteiger partial charge on any atom is -0.463 e. The van der Waals surface area contributed by atoms with Crippen molar-refractivity contribution in [2.24, 2.45) is 4.99 Å². The Hall–Kier alpha value is -3.39. The highest BCUT2D eigenvalue weighted by Gasteiger charge is 2.35. The summed E-state index contributed by atoms with van der Waals surface area (Å²) in [5.41, 5.74) is 3.08. The van der Waals surface area contributed by atoms with E-state index in [1.165, 1.54) is 11.3 Å². The summed E-state index contributed by atoms with van der Waals surface area (Å²) in [5, 5.41) is 0.624. The maximum atomic E-state index is 13.8. The molecule has 1 aliphatic heterocycles. The van der Waals surface area contributed by atoms with Gasteiger partial charge in [0.25, 0.3) is 5.56 Å². The number of fused-ring (bicyclic) bond motifs is 1. The average Bonchev–Trinajstić information content (AvgIpc) is 3.24. The average molecular weight is 547 g/mol. The van der Waals surface area contributed by atoms with Gasteiger partial charge in [-0.3, -0.25) is 9.36 Å². The molecular formula is C29H23ClN2O3S2. The third kappa shape index (κ3) is 5.07. The Labute approximate surface area is 227 Å². The number of hydrogen-bond acceptors (Lipinski definition) is 6. The van der Waals surface area contributed by atoms with E-state index in [1.807, 2.05) is 79.1 Å². The maximum absolute atomic E-state index is 13.8. The first-order valence-electron chi connectivity index (χ1n) is 11.7. The highest BCUT2D eigenvalue weighted by atomic mass is 35.5. The van der Waals surface area contributed by atoms with E-state index in [-0.39, 0.29) is 12.2 Å². The van der Waals surface area contributed by atoms with Gasteiger partial charge in [0.05, 0.1) is 28.5 Å². The molecule has 0 spiro atoms. The lowest BCUT2D eigenvalue weighted by Crippen LogP contribution is -2.40. The van der Waals surface area contributed by atoms with Crippen LogP contribution in [0.5, 0.6) is 0 Å². The van der Waals surface area contributed by atoms with E-state index >= 15 is 0 Å². The Kier molecular flexibility index (Phi) is 7.46. The summed E-state index contributed by atoms with van der Waals surface area (Å²) in [7, 11) is 0. The lowest BCUT2D eigenvalue weighted by molar-refractivity contribution is -0.138. The van der Waals surface area contributed by atoms with Crippen LogP contribution in [-0.4, -0.2) is 23.4 Å². The fourth-order valence-corrected chi connectivity index (χ4v) is 5.79. The fraction of sp³-hybridized carbons (Fsp3) is 0.138. The van der Waals surface area contributed by atoms with Crippen molar-refractivity contribution in [3.63, 3.8) is 0 Å². The molecule has 0 saturated carbocycles. The predicted molar refractivity (Wildman–Crippen MR) is 151 cm³/mol. The molecule has 0 fully saturated rings. The van der Waals surface area contributed by atoms with E-state index in [1.54, 1.807) is 35.4 Å². The number of halogens is 1. The van der Waals surface area contributed by atoms with E-state index in [2.05, 4.69) is 0 Å². The van der Waals surface area contributed by atoms with Crippen LogP contribution in [0.2, 0.25) is 5.02 Å². The van der Waals surface area contributed by atoms with Gasteiger partial charge in [0.2, 0.25) is 0 Å². The van der Waals surface area contributed by atoms with Crippen LogP contribution in [0, 0.1) is 0 Å².